The quantitative estimate of drug-likeness (QED) is 0.0563. The van der Waals surface area contributed by atoms with Gasteiger partial charge in [0.05, 0.1) is 12.7 Å². The lowest BCUT2D eigenvalue weighted by Gasteiger charge is -2.09. The minimum Gasteiger partial charge on any atom is -0.465 e. The summed E-state index contributed by atoms with van der Waals surface area (Å²) in [4.78, 5) is 11.6. The monoisotopic (exact) mass is 762 g/mol. The van der Waals surface area contributed by atoms with Gasteiger partial charge in [-0.1, -0.05) is 131 Å². The molecule has 0 saturated carbocycles. The Labute approximate surface area is 341 Å². The maximum Gasteiger partial charge on any atom is 0.340 e. The minimum absolute atomic E-state index is 0.0866. The first-order valence-corrected chi connectivity index (χ1v) is 20.6. The third-order valence-electron chi connectivity index (χ3n) is 9.60. The van der Waals surface area contributed by atoms with Crippen molar-refractivity contribution >= 4 is 11.7 Å². The van der Waals surface area contributed by atoms with Crippen molar-refractivity contribution in [2.24, 2.45) is 0 Å². The molecule has 296 valence electrons. The van der Waals surface area contributed by atoms with E-state index in [2.05, 4.69) is 133 Å². The number of halogens is 1. The third-order valence-corrected chi connectivity index (χ3v) is 9.60. The second-order valence-corrected chi connectivity index (χ2v) is 14.2. The van der Waals surface area contributed by atoms with Crippen LogP contribution >= 0.6 is 0 Å². The number of aryl methyl sites for hydroxylation is 2. The molecule has 0 bridgehead atoms. The summed E-state index contributed by atoms with van der Waals surface area (Å²) in [5, 5.41) is 6.75. The molecule has 0 fully saturated rings. The van der Waals surface area contributed by atoms with Gasteiger partial charge in [0.2, 0.25) is 0 Å². The average Bonchev–Trinajstić information content (AvgIpc) is 3.25. The van der Waals surface area contributed by atoms with Crippen molar-refractivity contribution in [2.75, 3.05) is 19.0 Å². The number of methoxy groups -OCH3 is 1. The molecule has 0 amide bonds. The maximum atomic E-state index is 13.7. The fourth-order valence-electron chi connectivity index (χ4n) is 6.06. The molecule has 2 N–H and O–H groups in total. The largest absolute Gasteiger partial charge is 0.465 e. The van der Waals surface area contributed by atoms with E-state index in [1.807, 2.05) is 24.3 Å². The fourth-order valence-corrected chi connectivity index (χ4v) is 6.06. The van der Waals surface area contributed by atoms with E-state index in [0.717, 1.165) is 53.7 Å². The van der Waals surface area contributed by atoms with E-state index in [1.54, 1.807) is 6.07 Å². The molecule has 5 heteroatoms. The number of carbonyl (C=O) groups excluding carboxylic acids is 1. The van der Waals surface area contributed by atoms with Gasteiger partial charge in [0.25, 0.3) is 0 Å². The topological polar surface area (TPSA) is 50.4 Å². The van der Waals surface area contributed by atoms with Crippen molar-refractivity contribution in [1.82, 2.24) is 5.32 Å². The van der Waals surface area contributed by atoms with Gasteiger partial charge < -0.3 is 15.4 Å². The molecule has 0 saturated heterocycles. The maximum absolute atomic E-state index is 13.7. The zero-order valence-corrected chi connectivity index (χ0v) is 34.4. The highest BCUT2D eigenvalue weighted by molar-refractivity contribution is 5.90. The lowest BCUT2D eigenvalue weighted by atomic mass is 10.1. The predicted octanol–water partition coefficient (Wildman–Crippen LogP) is 12.1. The number of nitrogens with one attached hydrogen (secondary N) is 2. The summed E-state index contributed by atoms with van der Waals surface area (Å²) in [5.41, 5.74) is 9.82. The van der Waals surface area contributed by atoms with Crippen LogP contribution in [0.15, 0.2) is 115 Å². The molecule has 0 atom stereocenters. The predicted molar refractivity (Wildman–Crippen MR) is 236 cm³/mol. The van der Waals surface area contributed by atoms with Gasteiger partial charge in [-0.2, -0.15) is 0 Å². The minimum atomic E-state index is -0.695. The van der Waals surface area contributed by atoms with Gasteiger partial charge in [0.1, 0.15) is 5.82 Å². The van der Waals surface area contributed by atoms with Crippen molar-refractivity contribution < 1.29 is 13.9 Å². The normalized spacial score (nSPS) is 10.3. The van der Waals surface area contributed by atoms with Gasteiger partial charge in [-0.25, -0.2) is 9.18 Å². The van der Waals surface area contributed by atoms with Crippen LogP contribution in [-0.4, -0.2) is 19.6 Å². The lowest BCUT2D eigenvalue weighted by Crippen LogP contribution is -2.15. The van der Waals surface area contributed by atoms with Gasteiger partial charge in [-0.3, -0.25) is 0 Å². The van der Waals surface area contributed by atoms with Gasteiger partial charge in [0.15, 0.2) is 0 Å². The first-order valence-electron chi connectivity index (χ1n) is 20.6. The van der Waals surface area contributed by atoms with E-state index >= 15 is 0 Å². The molecule has 0 unspecified atom stereocenters. The van der Waals surface area contributed by atoms with Crippen LogP contribution in [0.1, 0.15) is 127 Å². The molecule has 0 aliphatic heterocycles. The van der Waals surface area contributed by atoms with E-state index in [0.29, 0.717) is 12.2 Å². The second-order valence-electron chi connectivity index (χ2n) is 14.2. The summed E-state index contributed by atoms with van der Waals surface area (Å²) in [6.07, 6.45) is 12.4. The Hall–Kier alpha value is -5.62. The van der Waals surface area contributed by atoms with Crippen molar-refractivity contribution in [3.63, 3.8) is 0 Å². The molecular weight excluding hydrogens is 704 g/mol. The van der Waals surface area contributed by atoms with E-state index in [9.17, 15) is 9.18 Å². The summed E-state index contributed by atoms with van der Waals surface area (Å²) < 4.78 is 18.3. The SMILES string of the molecule is CCCCCCNCc1ccccc1C#Cc1ccc(CCCC)cc1.CCCCc1ccc(C#Cc2ccc(CNc3ccc(F)c(C(=O)OC)c3)cc2)cc1. The Morgan fingerprint density at radius 3 is 1.70 bits per heavy atom. The van der Waals surface area contributed by atoms with Crippen LogP contribution < -0.4 is 10.6 Å². The van der Waals surface area contributed by atoms with Gasteiger partial charge in [-0.15, -0.1) is 0 Å². The van der Waals surface area contributed by atoms with Crippen molar-refractivity contribution in [3.8, 4) is 23.7 Å². The number of anilines is 1. The smallest absolute Gasteiger partial charge is 0.340 e. The second kappa shape index (κ2) is 25.5. The van der Waals surface area contributed by atoms with Crippen LogP contribution in [-0.2, 0) is 30.7 Å². The average molecular weight is 763 g/mol. The highest BCUT2D eigenvalue weighted by Gasteiger charge is 2.12. The molecule has 4 nitrogen and oxygen atoms in total. The first-order chi connectivity index (χ1) is 27.9. The zero-order chi connectivity index (χ0) is 40.5. The summed E-state index contributed by atoms with van der Waals surface area (Å²) in [5.74, 6) is 11.8. The molecule has 5 aromatic carbocycles. The molecule has 0 aliphatic rings. The van der Waals surface area contributed by atoms with Crippen LogP contribution in [0.5, 0.6) is 0 Å². The van der Waals surface area contributed by atoms with E-state index in [4.69, 9.17) is 0 Å². The van der Waals surface area contributed by atoms with E-state index in [-0.39, 0.29) is 5.56 Å². The van der Waals surface area contributed by atoms with Crippen molar-refractivity contribution in [2.45, 2.75) is 98.1 Å². The Kier molecular flexibility index (Phi) is 19.7. The first kappa shape index (κ1) is 44.1. The summed E-state index contributed by atoms with van der Waals surface area (Å²) in [6.45, 7) is 9.20. The number of benzene rings is 5. The summed E-state index contributed by atoms with van der Waals surface area (Å²) >= 11 is 0. The highest BCUT2D eigenvalue weighted by atomic mass is 19.1. The molecule has 5 aromatic rings. The van der Waals surface area contributed by atoms with Gasteiger partial charge in [-0.05, 0) is 122 Å². The van der Waals surface area contributed by atoms with Crippen LogP contribution in [0.2, 0.25) is 0 Å². The number of unbranched alkanes of at least 4 members (excludes halogenated alkanes) is 5. The summed E-state index contributed by atoms with van der Waals surface area (Å²) in [7, 11) is 1.23. The van der Waals surface area contributed by atoms with Crippen LogP contribution in [0.4, 0.5) is 10.1 Å². The Morgan fingerprint density at radius 1 is 0.596 bits per heavy atom. The fraction of sp³-hybridized carbons (Fsp3) is 0.327. The van der Waals surface area contributed by atoms with Gasteiger partial charge in [0, 0.05) is 41.0 Å². The molecule has 57 heavy (non-hydrogen) atoms. The van der Waals surface area contributed by atoms with Crippen LogP contribution in [0.25, 0.3) is 0 Å². The Balaban J connectivity index is 0.000000257. The molecule has 5 rings (SSSR count). The highest BCUT2D eigenvalue weighted by Crippen LogP contribution is 2.17. The number of hydrogen-bond donors (Lipinski definition) is 2. The number of carbonyl (C=O) groups is 1. The molecule has 0 spiro atoms. The standard InChI is InChI=1S/C27H26FNO2.C25H33N/c1-3-4-5-20-6-8-21(9-7-20)10-11-22-12-14-23(15-13-22)19-29-24-16-17-26(28)25(18-24)27(30)31-2;1-3-5-7-10-20-26-21-25-13-9-8-12-24(25)19-18-23-16-14-22(15-17-23)11-6-4-2/h6-9,12-18,29H,3-5,19H2,1-2H3;8-9,12-17,26H,3-7,10-11,20-21H2,1-2H3. The van der Waals surface area contributed by atoms with Crippen molar-refractivity contribution in [3.05, 3.63) is 171 Å². The van der Waals surface area contributed by atoms with Crippen LogP contribution in [0.3, 0.4) is 0 Å². The van der Waals surface area contributed by atoms with E-state index < -0.39 is 11.8 Å². The molecule has 0 heterocycles. The lowest BCUT2D eigenvalue weighted by molar-refractivity contribution is 0.0595. The molecule has 0 radical (unpaired) electrons. The number of rotatable bonds is 17. The number of ether oxygens (including phenoxy) is 1. The zero-order valence-electron chi connectivity index (χ0n) is 34.4. The third kappa shape index (κ3) is 16.2. The van der Waals surface area contributed by atoms with Crippen molar-refractivity contribution in [1.29, 1.82) is 0 Å². The molecule has 0 aliphatic carbocycles. The van der Waals surface area contributed by atoms with E-state index in [1.165, 1.54) is 87.3 Å². The van der Waals surface area contributed by atoms with Gasteiger partial charge >= 0.3 is 5.97 Å². The molecular formula is C52H59FN2O2. The Bertz CT molecular complexity index is 2060. The Morgan fingerprint density at radius 2 is 1.14 bits per heavy atom. The molecule has 0 aromatic heterocycles. The summed E-state index contributed by atoms with van der Waals surface area (Å²) in [6, 6.07) is 37.9. The number of esters is 1. The van der Waals surface area contributed by atoms with Crippen LogP contribution in [0, 0.1) is 29.5 Å². The number of hydrogen-bond acceptors (Lipinski definition) is 4.